The van der Waals surface area contributed by atoms with Crippen LogP contribution in [0.5, 0.6) is 0 Å². The van der Waals surface area contributed by atoms with Crippen LogP contribution in [0.25, 0.3) is 0 Å². The second-order valence-electron chi connectivity index (χ2n) is 6.29. The number of carbonyl (C=O) groups is 2. The number of hydrogen-bond acceptors (Lipinski definition) is 2. The van der Waals surface area contributed by atoms with Crippen molar-refractivity contribution in [2.24, 2.45) is 0 Å². The number of halogens is 1. The van der Waals surface area contributed by atoms with Gasteiger partial charge in [0.25, 0.3) is 11.8 Å². The Kier molecular flexibility index (Phi) is 5.31. The molecule has 0 aromatic heterocycles. The van der Waals surface area contributed by atoms with Gasteiger partial charge in [0.1, 0.15) is 5.82 Å². The average molecular weight is 362 g/mol. The van der Waals surface area contributed by atoms with Gasteiger partial charge in [-0.2, -0.15) is 0 Å². The molecule has 4 nitrogen and oxygen atoms in total. The number of anilines is 2. The lowest BCUT2D eigenvalue weighted by Crippen LogP contribution is -2.16. The largest absolute Gasteiger partial charge is 0.322 e. The van der Waals surface area contributed by atoms with Gasteiger partial charge in [0.2, 0.25) is 0 Å². The maximum Gasteiger partial charge on any atom is 0.255 e. The summed E-state index contributed by atoms with van der Waals surface area (Å²) in [7, 11) is 0. The van der Waals surface area contributed by atoms with Gasteiger partial charge in [0.15, 0.2) is 0 Å². The Morgan fingerprint density at radius 2 is 1.37 bits per heavy atom. The molecule has 0 aliphatic carbocycles. The van der Waals surface area contributed by atoms with Crippen molar-refractivity contribution in [3.05, 3.63) is 94.8 Å². The minimum absolute atomic E-state index is 0.0905. The van der Waals surface area contributed by atoms with Crippen molar-refractivity contribution in [3.8, 4) is 0 Å². The molecular formula is C22H19FN2O2. The normalized spacial score (nSPS) is 10.3. The zero-order valence-corrected chi connectivity index (χ0v) is 15.0. The Labute approximate surface area is 157 Å². The molecule has 3 rings (SSSR count). The zero-order chi connectivity index (χ0) is 19.4. The fourth-order valence-corrected chi connectivity index (χ4v) is 2.62. The number of carbonyl (C=O) groups excluding carboxylic acids is 2. The van der Waals surface area contributed by atoms with E-state index in [1.807, 2.05) is 32.0 Å². The highest BCUT2D eigenvalue weighted by Gasteiger charge is 2.13. The molecule has 0 saturated heterocycles. The van der Waals surface area contributed by atoms with E-state index in [4.69, 9.17) is 0 Å². The van der Waals surface area contributed by atoms with E-state index in [-0.39, 0.29) is 17.2 Å². The summed E-state index contributed by atoms with van der Waals surface area (Å²) < 4.78 is 13.7. The molecule has 0 bridgehead atoms. The van der Waals surface area contributed by atoms with Crippen LogP contribution in [0.1, 0.15) is 31.8 Å². The number of benzene rings is 3. The van der Waals surface area contributed by atoms with Crippen LogP contribution in [-0.4, -0.2) is 11.8 Å². The van der Waals surface area contributed by atoms with Crippen LogP contribution in [0, 0.1) is 19.7 Å². The standard InChI is InChI=1S/C22H19FN2O2/c1-14-10-11-15(2)20(12-14)25-22(27)17-7-5-6-16(13-17)21(26)24-19-9-4-3-8-18(19)23/h3-13H,1-2H3,(H,24,26)(H,25,27). The van der Waals surface area contributed by atoms with Gasteiger partial charge in [-0.3, -0.25) is 9.59 Å². The topological polar surface area (TPSA) is 58.2 Å². The third-order valence-electron chi connectivity index (χ3n) is 4.15. The van der Waals surface area contributed by atoms with Gasteiger partial charge in [-0.1, -0.05) is 30.3 Å². The average Bonchev–Trinajstić information content (AvgIpc) is 2.66. The summed E-state index contributed by atoms with van der Waals surface area (Å²) in [4.78, 5) is 25.0. The Balaban J connectivity index is 1.78. The van der Waals surface area contributed by atoms with E-state index in [0.29, 0.717) is 5.56 Å². The predicted molar refractivity (Wildman–Crippen MR) is 105 cm³/mol. The van der Waals surface area contributed by atoms with E-state index in [1.165, 1.54) is 18.2 Å². The molecule has 0 atom stereocenters. The summed E-state index contributed by atoms with van der Waals surface area (Å²) in [6.07, 6.45) is 0. The van der Waals surface area contributed by atoms with Crippen LogP contribution in [0.4, 0.5) is 15.8 Å². The Morgan fingerprint density at radius 3 is 2.04 bits per heavy atom. The summed E-state index contributed by atoms with van der Waals surface area (Å²) in [5, 5.41) is 5.37. The molecule has 0 aliphatic heterocycles. The number of hydrogen-bond donors (Lipinski definition) is 2. The molecule has 27 heavy (non-hydrogen) atoms. The van der Waals surface area contributed by atoms with Gasteiger partial charge in [-0.05, 0) is 61.4 Å². The SMILES string of the molecule is Cc1ccc(C)c(NC(=O)c2cccc(C(=O)Nc3ccccc3F)c2)c1. The van der Waals surface area contributed by atoms with Crippen molar-refractivity contribution in [3.63, 3.8) is 0 Å². The van der Waals surface area contributed by atoms with Gasteiger partial charge in [-0.15, -0.1) is 0 Å². The van der Waals surface area contributed by atoms with Crippen LogP contribution >= 0.6 is 0 Å². The summed E-state index contributed by atoms with van der Waals surface area (Å²) in [6.45, 7) is 3.86. The minimum Gasteiger partial charge on any atom is -0.322 e. The first-order valence-electron chi connectivity index (χ1n) is 8.48. The molecule has 0 saturated carbocycles. The van der Waals surface area contributed by atoms with Crippen molar-refractivity contribution in [1.29, 1.82) is 0 Å². The first kappa shape index (κ1) is 18.3. The zero-order valence-electron chi connectivity index (χ0n) is 15.0. The molecule has 0 heterocycles. The predicted octanol–water partition coefficient (Wildman–Crippen LogP) is 4.95. The number of nitrogens with one attached hydrogen (secondary N) is 2. The minimum atomic E-state index is -0.519. The van der Waals surface area contributed by atoms with Gasteiger partial charge in [-0.25, -0.2) is 4.39 Å². The Morgan fingerprint density at radius 1 is 0.741 bits per heavy atom. The molecular weight excluding hydrogens is 343 g/mol. The number of amides is 2. The van der Waals surface area contributed by atoms with Crippen LogP contribution in [-0.2, 0) is 0 Å². The third kappa shape index (κ3) is 4.39. The highest BCUT2D eigenvalue weighted by Crippen LogP contribution is 2.18. The molecule has 0 fully saturated rings. The summed E-state index contributed by atoms with van der Waals surface area (Å²) in [5.74, 6) is -1.32. The first-order valence-corrected chi connectivity index (χ1v) is 8.48. The van der Waals surface area contributed by atoms with Gasteiger partial charge >= 0.3 is 0 Å². The van der Waals surface area contributed by atoms with Crippen molar-refractivity contribution in [1.82, 2.24) is 0 Å². The monoisotopic (exact) mass is 362 g/mol. The van der Waals surface area contributed by atoms with E-state index in [1.54, 1.807) is 30.3 Å². The Hall–Kier alpha value is -3.47. The summed E-state index contributed by atoms with van der Waals surface area (Å²) in [5.41, 5.74) is 3.41. The van der Waals surface area contributed by atoms with Crippen LogP contribution in [0.15, 0.2) is 66.7 Å². The van der Waals surface area contributed by atoms with Crippen molar-refractivity contribution in [2.75, 3.05) is 10.6 Å². The van der Waals surface area contributed by atoms with Crippen molar-refractivity contribution < 1.29 is 14.0 Å². The molecule has 3 aromatic carbocycles. The fourth-order valence-electron chi connectivity index (χ4n) is 2.62. The van der Waals surface area contributed by atoms with E-state index >= 15 is 0 Å². The lowest BCUT2D eigenvalue weighted by molar-refractivity contribution is 0.102. The molecule has 0 aliphatic rings. The molecule has 0 spiro atoms. The molecule has 136 valence electrons. The maximum atomic E-state index is 13.7. The van der Waals surface area contributed by atoms with E-state index in [2.05, 4.69) is 10.6 Å². The van der Waals surface area contributed by atoms with E-state index < -0.39 is 11.7 Å². The highest BCUT2D eigenvalue weighted by atomic mass is 19.1. The van der Waals surface area contributed by atoms with Crippen LogP contribution < -0.4 is 10.6 Å². The van der Waals surface area contributed by atoms with Crippen molar-refractivity contribution >= 4 is 23.2 Å². The quantitative estimate of drug-likeness (QED) is 0.690. The van der Waals surface area contributed by atoms with Gasteiger partial charge < -0.3 is 10.6 Å². The summed E-state index contributed by atoms with van der Waals surface area (Å²) in [6, 6.07) is 18.0. The smallest absolute Gasteiger partial charge is 0.255 e. The van der Waals surface area contributed by atoms with Gasteiger partial charge in [0.05, 0.1) is 5.69 Å². The molecule has 2 N–H and O–H groups in total. The lowest BCUT2D eigenvalue weighted by Gasteiger charge is -2.11. The molecule has 5 heteroatoms. The number of rotatable bonds is 4. The van der Waals surface area contributed by atoms with Gasteiger partial charge in [0, 0.05) is 16.8 Å². The van der Waals surface area contributed by atoms with Crippen LogP contribution in [0.3, 0.4) is 0 Å². The van der Waals surface area contributed by atoms with E-state index in [0.717, 1.165) is 16.8 Å². The fraction of sp³-hybridized carbons (Fsp3) is 0.0909. The second kappa shape index (κ2) is 7.83. The molecule has 0 radical (unpaired) electrons. The number of aryl methyl sites for hydroxylation is 2. The van der Waals surface area contributed by atoms with E-state index in [9.17, 15) is 14.0 Å². The molecule has 3 aromatic rings. The number of para-hydroxylation sites is 1. The van der Waals surface area contributed by atoms with Crippen molar-refractivity contribution in [2.45, 2.75) is 13.8 Å². The molecule has 2 amide bonds. The van der Waals surface area contributed by atoms with Crippen LogP contribution in [0.2, 0.25) is 0 Å². The third-order valence-corrected chi connectivity index (χ3v) is 4.15. The first-order chi connectivity index (χ1) is 12.9. The lowest BCUT2D eigenvalue weighted by atomic mass is 10.1. The second-order valence-corrected chi connectivity index (χ2v) is 6.29. The summed E-state index contributed by atoms with van der Waals surface area (Å²) >= 11 is 0. The maximum absolute atomic E-state index is 13.7. The molecule has 0 unspecified atom stereocenters. The Bertz CT molecular complexity index is 1010. The highest BCUT2D eigenvalue weighted by molar-refractivity contribution is 6.09.